The fraction of sp³-hybridized carbons (Fsp3) is 0.333. The topological polar surface area (TPSA) is 63.6 Å². The van der Waals surface area contributed by atoms with Gasteiger partial charge >= 0.3 is 5.97 Å². The molecule has 0 fully saturated rings. The van der Waals surface area contributed by atoms with Crippen molar-refractivity contribution < 1.29 is 19.4 Å². The lowest BCUT2D eigenvalue weighted by atomic mass is 10.0. The summed E-state index contributed by atoms with van der Waals surface area (Å²) in [5.74, 6) is 0.178. The highest BCUT2D eigenvalue weighted by molar-refractivity contribution is 6.09. The molecule has 0 saturated carbocycles. The van der Waals surface area contributed by atoms with Gasteiger partial charge in [0.05, 0.1) is 0 Å². The van der Waals surface area contributed by atoms with E-state index in [1.807, 2.05) is 0 Å². The third-order valence-electron chi connectivity index (χ3n) is 3.96. The largest absolute Gasteiger partial charge is 0.508 e. The number of benzene rings is 2. The highest BCUT2D eigenvalue weighted by Gasteiger charge is 2.10. The third kappa shape index (κ3) is 6.07. The smallest absolute Gasteiger partial charge is 0.311 e. The molecule has 4 heteroatoms. The van der Waals surface area contributed by atoms with Gasteiger partial charge in [-0.3, -0.25) is 9.59 Å². The minimum atomic E-state index is -0.242. The summed E-state index contributed by atoms with van der Waals surface area (Å²) in [5.41, 5.74) is 1.000. The number of hydrogen-bond acceptors (Lipinski definition) is 4. The second kappa shape index (κ2) is 9.62. The van der Waals surface area contributed by atoms with Crippen LogP contribution in [0.4, 0.5) is 0 Å². The van der Waals surface area contributed by atoms with Gasteiger partial charge in [-0.2, -0.15) is 0 Å². The first kappa shape index (κ1) is 18.7. The molecule has 25 heavy (non-hydrogen) atoms. The molecular formula is C21H24O4. The summed E-state index contributed by atoms with van der Waals surface area (Å²) >= 11 is 0. The van der Waals surface area contributed by atoms with E-state index in [-0.39, 0.29) is 17.5 Å². The van der Waals surface area contributed by atoms with Gasteiger partial charge in [0.1, 0.15) is 11.5 Å². The summed E-state index contributed by atoms with van der Waals surface area (Å²) in [4.78, 5) is 24.1. The Labute approximate surface area is 148 Å². The molecule has 0 spiro atoms. The zero-order chi connectivity index (χ0) is 18.1. The number of hydrogen-bond donors (Lipinski definition) is 1. The van der Waals surface area contributed by atoms with Crippen molar-refractivity contribution in [3.05, 3.63) is 59.7 Å². The van der Waals surface area contributed by atoms with Crippen LogP contribution < -0.4 is 4.74 Å². The Kier molecular flexibility index (Phi) is 7.20. The van der Waals surface area contributed by atoms with Gasteiger partial charge in [0.15, 0.2) is 5.78 Å². The van der Waals surface area contributed by atoms with Gasteiger partial charge in [-0.15, -0.1) is 0 Å². The molecule has 0 radical (unpaired) electrons. The van der Waals surface area contributed by atoms with Crippen LogP contribution in [0.1, 0.15) is 61.4 Å². The van der Waals surface area contributed by atoms with E-state index in [0.717, 1.165) is 19.3 Å². The average Bonchev–Trinajstić information content (AvgIpc) is 2.62. The molecule has 0 aromatic heterocycles. The summed E-state index contributed by atoms with van der Waals surface area (Å²) < 4.78 is 5.29. The zero-order valence-corrected chi connectivity index (χ0v) is 14.5. The Hall–Kier alpha value is -2.62. The number of carbonyl (C=O) groups excluding carboxylic acids is 2. The molecule has 2 aromatic carbocycles. The van der Waals surface area contributed by atoms with E-state index in [4.69, 9.17) is 4.74 Å². The van der Waals surface area contributed by atoms with Crippen molar-refractivity contribution in [3.63, 3.8) is 0 Å². The summed E-state index contributed by atoms with van der Waals surface area (Å²) in [5, 5.41) is 9.27. The van der Waals surface area contributed by atoms with Crippen LogP contribution in [0.15, 0.2) is 48.5 Å². The van der Waals surface area contributed by atoms with E-state index >= 15 is 0 Å². The van der Waals surface area contributed by atoms with Crippen LogP contribution in [0.3, 0.4) is 0 Å². The molecule has 2 aromatic rings. The second-order valence-electron chi connectivity index (χ2n) is 6.04. The molecule has 0 aliphatic heterocycles. The standard InChI is InChI=1S/C21H24O4/c1-2-3-4-5-6-7-20(23)25-19-14-10-17(11-15-19)21(24)16-8-12-18(22)13-9-16/h8-15,22H,2-7H2,1H3. The molecule has 0 unspecified atom stereocenters. The number of unbranched alkanes of at least 4 members (excludes halogenated alkanes) is 4. The minimum Gasteiger partial charge on any atom is -0.508 e. The average molecular weight is 340 g/mol. The van der Waals surface area contributed by atoms with E-state index < -0.39 is 0 Å². The zero-order valence-electron chi connectivity index (χ0n) is 14.5. The Morgan fingerprint density at radius 1 is 0.840 bits per heavy atom. The van der Waals surface area contributed by atoms with Crippen molar-refractivity contribution in [2.24, 2.45) is 0 Å². The Balaban J connectivity index is 1.86. The third-order valence-corrected chi connectivity index (χ3v) is 3.96. The van der Waals surface area contributed by atoms with Crippen molar-refractivity contribution in [2.45, 2.75) is 45.4 Å². The Morgan fingerprint density at radius 2 is 1.40 bits per heavy atom. The van der Waals surface area contributed by atoms with Crippen molar-refractivity contribution in [2.75, 3.05) is 0 Å². The van der Waals surface area contributed by atoms with Crippen LogP contribution in [0.2, 0.25) is 0 Å². The molecular weight excluding hydrogens is 316 g/mol. The SMILES string of the molecule is CCCCCCCC(=O)Oc1ccc(C(=O)c2ccc(O)cc2)cc1. The van der Waals surface area contributed by atoms with Crippen molar-refractivity contribution in [1.29, 1.82) is 0 Å². The fourth-order valence-corrected chi connectivity index (χ4v) is 2.51. The van der Waals surface area contributed by atoms with Crippen LogP contribution in [0.5, 0.6) is 11.5 Å². The van der Waals surface area contributed by atoms with Crippen LogP contribution >= 0.6 is 0 Å². The first-order chi connectivity index (χ1) is 12.1. The van der Waals surface area contributed by atoms with E-state index in [0.29, 0.717) is 23.3 Å². The van der Waals surface area contributed by atoms with Gasteiger partial charge < -0.3 is 9.84 Å². The highest BCUT2D eigenvalue weighted by atomic mass is 16.5. The van der Waals surface area contributed by atoms with E-state index in [9.17, 15) is 14.7 Å². The maximum Gasteiger partial charge on any atom is 0.311 e. The number of ketones is 1. The van der Waals surface area contributed by atoms with Crippen molar-refractivity contribution in [1.82, 2.24) is 0 Å². The van der Waals surface area contributed by atoms with E-state index in [1.165, 1.54) is 25.0 Å². The Morgan fingerprint density at radius 3 is 2.00 bits per heavy atom. The first-order valence-corrected chi connectivity index (χ1v) is 8.74. The van der Waals surface area contributed by atoms with Crippen LogP contribution in [0.25, 0.3) is 0 Å². The molecule has 132 valence electrons. The van der Waals surface area contributed by atoms with Crippen molar-refractivity contribution in [3.8, 4) is 11.5 Å². The van der Waals surface area contributed by atoms with Crippen LogP contribution in [-0.2, 0) is 4.79 Å². The lowest BCUT2D eigenvalue weighted by Crippen LogP contribution is -2.08. The number of carbonyl (C=O) groups is 2. The monoisotopic (exact) mass is 340 g/mol. The maximum absolute atomic E-state index is 12.3. The number of rotatable bonds is 9. The van der Waals surface area contributed by atoms with Crippen molar-refractivity contribution >= 4 is 11.8 Å². The minimum absolute atomic E-state index is 0.119. The van der Waals surface area contributed by atoms with Gasteiger partial charge in [0.2, 0.25) is 0 Å². The molecule has 4 nitrogen and oxygen atoms in total. The van der Waals surface area contributed by atoms with E-state index in [2.05, 4.69) is 6.92 Å². The molecule has 0 saturated heterocycles. The van der Waals surface area contributed by atoms with Gasteiger partial charge in [0, 0.05) is 17.5 Å². The van der Waals surface area contributed by atoms with E-state index in [1.54, 1.807) is 36.4 Å². The number of ether oxygens (including phenoxy) is 1. The maximum atomic E-state index is 12.3. The number of phenols is 1. The highest BCUT2D eigenvalue weighted by Crippen LogP contribution is 2.18. The molecule has 0 heterocycles. The molecule has 0 atom stereocenters. The summed E-state index contributed by atoms with van der Waals surface area (Å²) in [6.45, 7) is 2.16. The normalized spacial score (nSPS) is 10.4. The molecule has 1 N–H and O–H groups in total. The first-order valence-electron chi connectivity index (χ1n) is 8.74. The van der Waals surface area contributed by atoms with Crippen LogP contribution in [-0.4, -0.2) is 16.9 Å². The molecule has 0 aliphatic carbocycles. The lowest BCUT2D eigenvalue weighted by molar-refractivity contribution is -0.134. The second-order valence-corrected chi connectivity index (χ2v) is 6.04. The number of aromatic hydroxyl groups is 1. The predicted molar refractivity (Wildman–Crippen MR) is 97.0 cm³/mol. The quantitative estimate of drug-likeness (QED) is 0.305. The summed E-state index contributed by atoms with van der Waals surface area (Å²) in [6.07, 6.45) is 5.83. The molecule has 2 rings (SSSR count). The van der Waals surface area contributed by atoms with Gasteiger partial charge in [-0.25, -0.2) is 0 Å². The molecule has 0 aliphatic rings. The van der Waals surface area contributed by atoms with Crippen LogP contribution in [0, 0.1) is 0 Å². The predicted octanol–water partition coefficient (Wildman–Crippen LogP) is 4.89. The lowest BCUT2D eigenvalue weighted by Gasteiger charge is -2.06. The molecule has 0 amide bonds. The number of phenolic OH excluding ortho intramolecular Hbond substituents is 1. The summed E-state index contributed by atoms with van der Waals surface area (Å²) in [6, 6.07) is 12.6. The van der Waals surface area contributed by atoms with Gasteiger partial charge in [-0.05, 0) is 55.0 Å². The molecule has 0 bridgehead atoms. The summed E-state index contributed by atoms with van der Waals surface area (Å²) in [7, 11) is 0. The van der Waals surface area contributed by atoms with Gasteiger partial charge in [0.25, 0.3) is 0 Å². The number of esters is 1. The fourth-order valence-electron chi connectivity index (χ4n) is 2.51. The Bertz CT molecular complexity index is 687. The van der Waals surface area contributed by atoms with Gasteiger partial charge in [-0.1, -0.05) is 32.6 Å².